The molecule has 1 aliphatic heterocycles. The number of carboxylic acids is 1. The van der Waals surface area contributed by atoms with E-state index in [1.807, 2.05) is 0 Å². The third-order valence-corrected chi connectivity index (χ3v) is 1.93. The molecule has 1 heterocycles. The maximum atomic E-state index is 10.4. The maximum absolute atomic E-state index is 10.4. The molecule has 0 radical (unpaired) electrons. The summed E-state index contributed by atoms with van der Waals surface area (Å²) in [7, 11) is 0. The zero-order chi connectivity index (χ0) is 9.35. The molecular formula is C7H13NO4. The summed E-state index contributed by atoms with van der Waals surface area (Å²) in [6.07, 6.45) is -0.366. The van der Waals surface area contributed by atoms with Crippen LogP contribution in [0.3, 0.4) is 0 Å². The zero-order valence-corrected chi connectivity index (χ0v) is 6.90. The van der Waals surface area contributed by atoms with E-state index in [-0.39, 0.29) is 12.6 Å². The van der Waals surface area contributed by atoms with E-state index in [0.29, 0.717) is 13.1 Å². The van der Waals surface area contributed by atoms with Crippen LogP contribution in [0.2, 0.25) is 0 Å². The monoisotopic (exact) mass is 175 g/mol. The lowest BCUT2D eigenvalue weighted by atomic mass is 10.0. The Bertz CT molecular complexity index is 186. The summed E-state index contributed by atoms with van der Waals surface area (Å²) in [5.41, 5.74) is -1.71. The Morgan fingerprint density at radius 1 is 1.67 bits per heavy atom. The second-order valence-electron chi connectivity index (χ2n) is 3.43. The number of rotatable bonds is 3. The van der Waals surface area contributed by atoms with Crippen molar-refractivity contribution in [1.29, 1.82) is 0 Å². The first-order valence-electron chi connectivity index (χ1n) is 3.78. The second kappa shape index (κ2) is 3.01. The van der Waals surface area contributed by atoms with Crippen LogP contribution in [0.25, 0.3) is 0 Å². The average Bonchev–Trinajstić information content (AvgIpc) is 1.83. The molecule has 0 saturated carbocycles. The van der Waals surface area contributed by atoms with Crippen LogP contribution in [0.5, 0.6) is 0 Å². The molecule has 5 heteroatoms. The summed E-state index contributed by atoms with van der Waals surface area (Å²) in [5, 5.41) is 26.7. The van der Waals surface area contributed by atoms with Gasteiger partial charge in [0.1, 0.15) is 0 Å². The smallest absolute Gasteiger partial charge is 0.336 e. The molecule has 1 atom stereocenters. The van der Waals surface area contributed by atoms with Gasteiger partial charge in [-0.3, -0.25) is 4.90 Å². The Labute approximate surface area is 70.2 Å². The number of aliphatic carboxylic acids is 1. The van der Waals surface area contributed by atoms with Crippen LogP contribution in [0.4, 0.5) is 0 Å². The standard InChI is InChI=1S/C7H13NO4/c1-7(12,6(10)11)4-8-2-5(9)3-8/h5,9,12H,2-4H2,1H3,(H,10,11). The molecule has 1 rings (SSSR count). The number of carboxylic acid groups (broad SMARTS) is 1. The lowest BCUT2D eigenvalue weighted by molar-refractivity contribution is -0.161. The summed E-state index contributed by atoms with van der Waals surface area (Å²) in [4.78, 5) is 12.1. The molecule has 0 aliphatic carbocycles. The highest BCUT2D eigenvalue weighted by Gasteiger charge is 2.36. The minimum absolute atomic E-state index is 0.0688. The van der Waals surface area contributed by atoms with Gasteiger partial charge >= 0.3 is 5.97 Å². The lowest BCUT2D eigenvalue weighted by Gasteiger charge is -2.38. The van der Waals surface area contributed by atoms with Crippen molar-refractivity contribution in [2.45, 2.75) is 18.6 Å². The molecule has 1 unspecified atom stereocenters. The van der Waals surface area contributed by atoms with Crippen LogP contribution >= 0.6 is 0 Å². The molecule has 70 valence electrons. The van der Waals surface area contributed by atoms with Gasteiger partial charge < -0.3 is 15.3 Å². The van der Waals surface area contributed by atoms with Crippen molar-refractivity contribution in [2.24, 2.45) is 0 Å². The van der Waals surface area contributed by atoms with E-state index >= 15 is 0 Å². The molecule has 5 nitrogen and oxygen atoms in total. The third kappa shape index (κ3) is 1.94. The van der Waals surface area contributed by atoms with Gasteiger partial charge in [-0.25, -0.2) is 4.79 Å². The molecule has 1 aliphatic rings. The van der Waals surface area contributed by atoms with Crippen molar-refractivity contribution in [3.05, 3.63) is 0 Å². The highest BCUT2D eigenvalue weighted by atomic mass is 16.4. The summed E-state index contributed by atoms with van der Waals surface area (Å²) in [6.45, 7) is 2.21. The molecule has 1 saturated heterocycles. The molecule has 0 spiro atoms. The molecule has 0 aromatic rings. The zero-order valence-electron chi connectivity index (χ0n) is 6.90. The van der Waals surface area contributed by atoms with Crippen LogP contribution < -0.4 is 0 Å². The highest BCUT2D eigenvalue weighted by Crippen LogP contribution is 2.13. The van der Waals surface area contributed by atoms with Crippen LogP contribution in [-0.2, 0) is 4.79 Å². The largest absolute Gasteiger partial charge is 0.479 e. The van der Waals surface area contributed by atoms with Gasteiger partial charge in [0, 0.05) is 19.6 Å². The van der Waals surface area contributed by atoms with Crippen molar-refractivity contribution in [3.8, 4) is 0 Å². The van der Waals surface area contributed by atoms with Gasteiger partial charge in [0.25, 0.3) is 0 Å². The maximum Gasteiger partial charge on any atom is 0.336 e. The average molecular weight is 175 g/mol. The summed E-state index contributed by atoms with van der Waals surface area (Å²) in [5.74, 6) is -1.23. The Hall–Kier alpha value is -0.650. The molecule has 0 amide bonds. The van der Waals surface area contributed by atoms with Gasteiger partial charge in [0.2, 0.25) is 0 Å². The highest BCUT2D eigenvalue weighted by molar-refractivity contribution is 5.76. The summed E-state index contributed by atoms with van der Waals surface area (Å²) < 4.78 is 0. The molecule has 12 heavy (non-hydrogen) atoms. The predicted molar refractivity (Wildman–Crippen MR) is 40.7 cm³/mol. The van der Waals surface area contributed by atoms with Crippen LogP contribution in [0, 0.1) is 0 Å². The Balaban J connectivity index is 2.35. The topological polar surface area (TPSA) is 81.0 Å². The molecular weight excluding hydrogens is 162 g/mol. The normalized spacial score (nSPS) is 24.6. The number of nitrogens with zero attached hydrogens (tertiary/aromatic N) is 1. The molecule has 3 N–H and O–H groups in total. The van der Waals surface area contributed by atoms with Crippen molar-refractivity contribution >= 4 is 5.97 Å². The fourth-order valence-corrected chi connectivity index (χ4v) is 1.17. The summed E-state index contributed by atoms with van der Waals surface area (Å²) >= 11 is 0. The van der Waals surface area contributed by atoms with Crippen LogP contribution in [-0.4, -0.2) is 57.5 Å². The minimum atomic E-state index is -1.71. The van der Waals surface area contributed by atoms with E-state index < -0.39 is 11.6 Å². The molecule has 0 aromatic carbocycles. The van der Waals surface area contributed by atoms with Crippen molar-refractivity contribution in [1.82, 2.24) is 4.90 Å². The number of β-amino-alcohol motifs (C(OH)–C–C–N with tert-alkyl or cyclic N) is 2. The fourth-order valence-electron chi connectivity index (χ4n) is 1.17. The van der Waals surface area contributed by atoms with Crippen LogP contribution in [0.1, 0.15) is 6.92 Å². The number of aliphatic hydroxyl groups is 2. The Morgan fingerprint density at radius 3 is 2.50 bits per heavy atom. The van der Waals surface area contributed by atoms with Crippen molar-refractivity contribution in [2.75, 3.05) is 19.6 Å². The minimum Gasteiger partial charge on any atom is -0.479 e. The van der Waals surface area contributed by atoms with E-state index in [9.17, 15) is 9.90 Å². The van der Waals surface area contributed by atoms with E-state index in [4.69, 9.17) is 10.2 Å². The van der Waals surface area contributed by atoms with E-state index in [0.717, 1.165) is 0 Å². The number of likely N-dealkylation sites (tertiary alicyclic amines) is 1. The first-order chi connectivity index (χ1) is 5.42. The number of hydrogen-bond acceptors (Lipinski definition) is 4. The summed E-state index contributed by atoms with van der Waals surface area (Å²) in [6, 6.07) is 0. The second-order valence-corrected chi connectivity index (χ2v) is 3.43. The molecule has 1 fully saturated rings. The third-order valence-electron chi connectivity index (χ3n) is 1.93. The molecule has 0 aromatic heterocycles. The predicted octanol–water partition coefficient (Wildman–Crippen LogP) is -1.50. The first-order valence-corrected chi connectivity index (χ1v) is 3.78. The van der Waals surface area contributed by atoms with Gasteiger partial charge in [0.05, 0.1) is 6.10 Å². The number of carbonyl (C=O) groups is 1. The van der Waals surface area contributed by atoms with E-state index in [1.165, 1.54) is 6.92 Å². The molecule has 0 bridgehead atoms. The van der Waals surface area contributed by atoms with Crippen LogP contribution in [0.15, 0.2) is 0 Å². The van der Waals surface area contributed by atoms with Gasteiger partial charge in [-0.1, -0.05) is 0 Å². The Morgan fingerprint density at radius 2 is 2.17 bits per heavy atom. The SMILES string of the molecule is CC(O)(CN1CC(O)C1)C(=O)O. The van der Waals surface area contributed by atoms with Crippen molar-refractivity contribution in [3.63, 3.8) is 0 Å². The Kier molecular flexibility index (Phi) is 2.36. The van der Waals surface area contributed by atoms with E-state index in [2.05, 4.69) is 0 Å². The first kappa shape index (κ1) is 9.44. The quantitative estimate of drug-likeness (QED) is 0.486. The van der Waals surface area contributed by atoms with Gasteiger partial charge in [0.15, 0.2) is 5.60 Å². The van der Waals surface area contributed by atoms with Gasteiger partial charge in [-0.15, -0.1) is 0 Å². The van der Waals surface area contributed by atoms with Gasteiger partial charge in [-0.2, -0.15) is 0 Å². The van der Waals surface area contributed by atoms with Gasteiger partial charge in [-0.05, 0) is 6.92 Å². The number of aliphatic hydroxyl groups excluding tert-OH is 1. The lowest BCUT2D eigenvalue weighted by Crippen LogP contribution is -2.57. The fraction of sp³-hybridized carbons (Fsp3) is 0.857. The van der Waals surface area contributed by atoms with E-state index in [1.54, 1.807) is 4.90 Å². The number of hydrogen-bond donors (Lipinski definition) is 3. The van der Waals surface area contributed by atoms with Crippen molar-refractivity contribution < 1.29 is 20.1 Å².